The lowest BCUT2D eigenvalue weighted by molar-refractivity contribution is 0.655. The molecule has 4 heterocycles. The molecule has 11 rings (SSSR count). The summed E-state index contributed by atoms with van der Waals surface area (Å²) in [5.74, 6) is 0.664. The zero-order valence-corrected chi connectivity index (χ0v) is 28.9. The van der Waals surface area contributed by atoms with E-state index in [1.807, 2.05) is 60.7 Å². The Kier molecular flexibility index (Phi) is 6.79. The first-order chi connectivity index (χ1) is 26.7. The van der Waals surface area contributed by atoms with Crippen LogP contribution in [-0.2, 0) is 0 Å². The van der Waals surface area contributed by atoms with Crippen molar-refractivity contribution < 1.29 is 8.83 Å². The first kappa shape index (κ1) is 30.3. The van der Waals surface area contributed by atoms with Crippen LogP contribution >= 0.6 is 0 Å². The molecule has 5 nitrogen and oxygen atoms in total. The van der Waals surface area contributed by atoms with Crippen molar-refractivity contribution in [3.05, 3.63) is 176 Å². The summed E-state index contributed by atoms with van der Waals surface area (Å²) in [6.45, 7) is 0. The van der Waals surface area contributed by atoms with Crippen LogP contribution in [0.1, 0.15) is 0 Å². The van der Waals surface area contributed by atoms with Crippen molar-refractivity contribution in [2.45, 2.75) is 0 Å². The van der Waals surface area contributed by atoms with Crippen molar-refractivity contribution in [2.75, 3.05) is 0 Å². The maximum atomic E-state index is 6.26. The highest BCUT2D eigenvalue weighted by molar-refractivity contribution is 6.20. The molecule has 252 valence electrons. The number of fused-ring (bicyclic) bond motifs is 8. The van der Waals surface area contributed by atoms with Crippen LogP contribution in [0, 0.1) is 0 Å². The topological polar surface area (TPSA) is 65.0 Å². The number of rotatable bonds is 5. The van der Waals surface area contributed by atoms with Crippen LogP contribution in [0.15, 0.2) is 185 Å². The number of para-hydroxylation sites is 2. The summed E-state index contributed by atoms with van der Waals surface area (Å²) in [4.78, 5) is 15.3. The number of nitrogens with zero attached hydrogens (tertiary/aromatic N) is 3. The number of benzene rings is 7. The summed E-state index contributed by atoms with van der Waals surface area (Å²) < 4.78 is 12.4. The SMILES string of the molecule is c1ccc(-c2cc(-c3ccc(-c4nc5oc6ccccc6c5c5ccccc45)cc3)nc(-c3ccc(-c4cccc5oc6ccccc6c45)cc3)n2)cc1. The van der Waals surface area contributed by atoms with E-state index in [0.717, 1.165) is 99.5 Å². The third kappa shape index (κ3) is 4.90. The molecule has 0 bridgehead atoms. The third-order valence-electron chi connectivity index (χ3n) is 10.3. The Balaban J connectivity index is 1.00. The average Bonchev–Trinajstić information content (AvgIpc) is 3.82. The van der Waals surface area contributed by atoms with Gasteiger partial charge in [-0.15, -0.1) is 0 Å². The van der Waals surface area contributed by atoms with E-state index in [9.17, 15) is 0 Å². The highest BCUT2D eigenvalue weighted by Crippen LogP contribution is 2.40. The Morgan fingerprint density at radius 2 is 0.870 bits per heavy atom. The van der Waals surface area contributed by atoms with Gasteiger partial charge in [0.15, 0.2) is 5.82 Å². The van der Waals surface area contributed by atoms with Gasteiger partial charge in [-0.3, -0.25) is 0 Å². The number of aromatic nitrogens is 3. The minimum absolute atomic E-state index is 0.641. The fourth-order valence-corrected chi connectivity index (χ4v) is 7.75. The lowest BCUT2D eigenvalue weighted by Crippen LogP contribution is -1.96. The van der Waals surface area contributed by atoms with E-state index < -0.39 is 0 Å². The molecule has 0 saturated heterocycles. The fraction of sp³-hybridized carbons (Fsp3) is 0. The maximum Gasteiger partial charge on any atom is 0.228 e. The predicted molar refractivity (Wildman–Crippen MR) is 219 cm³/mol. The molecule has 0 aliphatic heterocycles. The van der Waals surface area contributed by atoms with Gasteiger partial charge in [-0.2, -0.15) is 0 Å². The standard InChI is InChI=1S/C49H29N3O2/c1-2-11-31(12-3-1)40-29-41(51-48(50-40)34-27-21-30(22-28-34)35-17-10-20-44-45(35)38-15-6-8-18-42(38)53-44)32-23-25-33(26-24-32)47-37-14-5-4-13-36(37)46-39-16-7-9-19-43(39)54-49(46)52-47/h1-29H. The van der Waals surface area contributed by atoms with Gasteiger partial charge in [0.1, 0.15) is 16.7 Å². The lowest BCUT2D eigenvalue weighted by Gasteiger charge is -2.11. The summed E-state index contributed by atoms with van der Waals surface area (Å²) in [5.41, 5.74) is 12.0. The van der Waals surface area contributed by atoms with Crippen LogP contribution in [0.5, 0.6) is 0 Å². The lowest BCUT2D eigenvalue weighted by atomic mass is 9.98. The summed E-state index contributed by atoms with van der Waals surface area (Å²) >= 11 is 0. The Morgan fingerprint density at radius 3 is 1.61 bits per heavy atom. The molecule has 4 aromatic heterocycles. The Morgan fingerprint density at radius 1 is 0.333 bits per heavy atom. The van der Waals surface area contributed by atoms with Gasteiger partial charge in [0.05, 0.1) is 22.5 Å². The smallest absolute Gasteiger partial charge is 0.228 e. The molecule has 0 amide bonds. The highest BCUT2D eigenvalue weighted by Gasteiger charge is 2.18. The largest absolute Gasteiger partial charge is 0.456 e. The van der Waals surface area contributed by atoms with Crippen molar-refractivity contribution in [3.8, 4) is 56.3 Å². The summed E-state index contributed by atoms with van der Waals surface area (Å²) in [5, 5.41) is 6.56. The van der Waals surface area contributed by atoms with Crippen molar-refractivity contribution in [3.63, 3.8) is 0 Å². The average molecular weight is 692 g/mol. The van der Waals surface area contributed by atoms with E-state index in [4.69, 9.17) is 23.8 Å². The molecule has 5 heteroatoms. The molecular weight excluding hydrogens is 663 g/mol. The molecule has 0 N–H and O–H groups in total. The minimum atomic E-state index is 0.641. The van der Waals surface area contributed by atoms with Crippen LogP contribution in [0.25, 0.3) is 111 Å². The quantitative estimate of drug-likeness (QED) is 0.180. The van der Waals surface area contributed by atoms with Crippen molar-refractivity contribution >= 4 is 54.8 Å². The van der Waals surface area contributed by atoms with Gasteiger partial charge < -0.3 is 8.83 Å². The van der Waals surface area contributed by atoms with Gasteiger partial charge in [-0.25, -0.2) is 15.0 Å². The van der Waals surface area contributed by atoms with E-state index in [1.165, 1.54) is 0 Å². The van der Waals surface area contributed by atoms with E-state index in [-0.39, 0.29) is 0 Å². The minimum Gasteiger partial charge on any atom is -0.456 e. The monoisotopic (exact) mass is 691 g/mol. The second-order valence-electron chi connectivity index (χ2n) is 13.5. The molecular formula is C49H29N3O2. The zero-order chi connectivity index (χ0) is 35.6. The third-order valence-corrected chi connectivity index (χ3v) is 10.3. The van der Waals surface area contributed by atoms with Crippen molar-refractivity contribution in [1.82, 2.24) is 15.0 Å². The molecule has 54 heavy (non-hydrogen) atoms. The maximum absolute atomic E-state index is 6.26. The summed E-state index contributed by atoms with van der Waals surface area (Å²) in [7, 11) is 0. The van der Waals surface area contributed by atoms with Crippen LogP contribution in [-0.4, -0.2) is 15.0 Å². The molecule has 7 aromatic carbocycles. The molecule has 0 fully saturated rings. The van der Waals surface area contributed by atoms with E-state index in [2.05, 4.69) is 115 Å². The Bertz CT molecular complexity index is 3200. The second-order valence-corrected chi connectivity index (χ2v) is 13.5. The van der Waals surface area contributed by atoms with E-state index in [0.29, 0.717) is 11.5 Å². The molecule has 11 aromatic rings. The van der Waals surface area contributed by atoms with Gasteiger partial charge in [-0.05, 0) is 40.8 Å². The van der Waals surface area contributed by atoms with Crippen molar-refractivity contribution in [1.29, 1.82) is 0 Å². The molecule has 0 saturated carbocycles. The molecule has 0 aliphatic rings. The number of furan rings is 2. The Hall–Kier alpha value is -7.37. The van der Waals surface area contributed by atoms with Gasteiger partial charge >= 0.3 is 0 Å². The van der Waals surface area contributed by atoms with E-state index in [1.54, 1.807) is 0 Å². The van der Waals surface area contributed by atoms with Crippen LogP contribution in [0.3, 0.4) is 0 Å². The van der Waals surface area contributed by atoms with Crippen LogP contribution in [0.2, 0.25) is 0 Å². The predicted octanol–water partition coefficient (Wildman–Crippen LogP) is 13.2. The van der Waals surface area contributed by atoms with Crippen molar-refractivity contribution in [2.24, 2.45) is 0 Å². The van der Waals surface area contributed by atoms with Crippen LogP contribution in [0.4, 0.5) is 0 Å². The normalized spacial score (nSPS) is 11.7. The molecule has 0 aliphatic carbocycles. The molecule has 0 radical (unpaired) electrons. The molecule has 0 spiro atoms. The second kappa shape index (κ2) is 12.1. The number of hydrogen-bond donors (Lipinski definition) is 0. The first-order valence-corrected chi connectivity index (χ1v) is 18.0. The number of pyridine rings is 1. The molecule has 0 unspecified atom stereocenters. The first-order valence-electron chi connectivity index (χ1n) is 18.0. The number of hydrogen-bond acceptors (Lipinski definition) is 5. The van der Waals surface area contributed by atoms with Crippen LogP contribution < -0.4 is 0 Å². The van der Waals surface area contributed by atoms with Gasteiger partial charge in [0.25, 0.3) is 0 Å². The molecule has 0 atom stereocenters. The summed E-state index contributed by atoms with van der Waals surface area (Å²) in [6.07, 6.45) is 0. The van der Waals surface area contributed by atoms with E-state index >= 15 is 0 Å². The van der Waals surface area contributed by atoms with Gasteiger partial charge in [0, 0.05) is 43.8 Å². The van der Waals surface area contributed by atoms with Gasteiger partial charge in [-0.1, -0.05) is 152 Å². The zero-order valence-electron chi connectivity index (χ0n) is 28.9. The summed E-state index contributed by atoms with van der Waals surface area (Å²) in [6, 6.07) is 60.3. The van der Waals surface area contributed by atoms with Gasteiger partial charge in [0.2, 0.25) is 5.71 Å². The fourth-order valence-electron chi connectivity index (χ4n) is 7.75. The Labute approximate surface area is 309 Å². The highest BCUT2D eigenvalue weighted by atomic mass is 16.3.